The topological polar surface area (TPSA) is 41.6 Å². The lowest BCUT2D eigenvalue weighted by molar-refractivity contribution is 1.33. The average Bonchev–Trinajstić information content (AvgIpc) is 2.96. The fraction of sp³-hybridized carbons (Fsp3) is 0. The number of hydrogen-bond acceptors (Lipinski definition) is 2. The number of aromatic amines is 1. The molecule has 0 bridgehead atoms. The zero-order valence-electron chi connectivity index (χ0n) is 11.3. The third-order valence-corrected chi connectivity index (χ3v) is 3.64. The van der Waals surface area contributed by atoms with Crippen LogP contribution in [-0.4, -0.2) is 15.0 Å². The van der Waals surface area contributed by atoms with Crippen LogP contribution in [0.3, 0.4) is 0 Å². The molecule has 0 unspecified atom stereocenters. The van der Waals surface area contributed by atoms with Gasteiger partial charge in [-0.1, -0.05) is 30.4 Å². The molecule has 0 spiro atoms. The van der Waals surface area contributed by atoms with Crippen LogP contribution < -0.4 is 0 Å². The van der Waals surface area contributed by atoms with Gasteiger partial charge < -0.3 is 4.98 Å². The van der Waals surface area contributed by atoms with Gasteiger partial charge in [0.2, 0.25) is 0 Å². The van der Waals surface area contributed by atoms with Crippen molar-refractivity contribution in [3.63, 3.8) is 0 Å². The highest BCUT2D eigenvalue weighted by Gasteiger charge is 2.01. The minimum absolute atomic E-state index is 0.916. The fourth-order valence-corrected chi connectivity index (χ4v) is 2.59. The molecule has 1 aromatic carbocycles. The van der Waals surface area contributed by atoms with Gasteiger partial charge >= 0.3 is 0 Å². The summed E-state index contributed by atoms with van der Waals surface area (Å²) in [4.78, 5) is 11.7. The van der Waals surface area contributed by atoms with E-state index in [-0.39, 0.29) is 0 Å². The van der Waals surface area contributed by atoms with E-state index in [0.29, 0.717) is 0 Å². The van der Waals surface area contributed by atoms with Crippen LogP contribution in [-0.2, 0) is 0 Å². The van der Waals surface area contributed by atoms with Crippen LogP contribution in [0.1, 0.15) is 11.1 Å². The van der Waals surface area contributed by atoms with E-state index in [9.17, 15) is 0 Å². The van der Waals surface area contributed by atoms with E-state index in [4.69, 9.17) is 0 Å². The number of pyridine rings is 2. The Bertz CT molecular complexity index is 945. The number of H-pyrrole nitrogens is 1. The van der Waals surface area contributed by atoms with Gasteiger partial charge in [0, 0.05) is 41.1 Å². The van der Waals surface area contributed by atoms with Gasteiger partial charge in [0.15, 0.2) is 0 Å². The van der Waals surface area contributed by atoms with Gasteiger partial charge in [0.1, 0.15) is 5.65 Å². The van der Waals surface area contributed by atoms with Gasteiger partial charge in [-0.05, 0) is 29.1 Å². The second-order valence-electron chi connectivity index (χ2n) is 4.92. The Morgan fingerprint density at radius 2 is 1.81 bits per heavy atom. The first-order valence-electron chi connectivity index (χ1n) is 6.85. The molecule has 0 aliphatic rings. The molecule has 4 aromatic rings. The van der Waals surface area contributed by atoms with Crippen LogP contribution >= 0.6 is 0 Å². The lowest BCUT2D eigenvalue weighted by atomic mass is 10.1. The predicted molar refractivity (Wildman–Crippen MR) is 86.8 cm³/mol. The standard InChI is InChI=1S/C18H13N3/c1-3-13(16-8-10-19-11-14(16)4-1)6-7-15-12-21-18-17(15)5-2-9-20-18/h1-12H,(H,20,21). The summed E-state index contributed by atoms with van der Waals surface area (Å²) in [5.74, 6) is 0. The van der Waals surface area contributed by atoms with Crippen LogP contribution in [0.25, 0.3) is 34.0 Å². The monoisotopic (exact) mass is 271 g/mol. The summed E-state index contributed by atoms with van der Waals surface area (Å²) in [6.45, 7) is 0. The third-order valence-electron chi connectivity index (χ3n) is 3.64. The van der Waals surface area contributed by atoms with Gasteiger partial charge in [0.05, 0.1) is 0 Å². The molecule has 0 saturated heterocycles. The van der Waals surface area contributed by atoms with Gasteiger partial charge in [-0.25, -0.2) is 4.98 Å². The lowest BCUT2D eigenvalue weighted by Crippen LogP contribution is -1.79. The lowest BCUT2D eigenvalue weighted by Gasteiger charge is -2.00. The SMILES string of the molecule is C(=Cc1c[nH]c2ncccc12)c1cccc2cnccc12. The number of nitrogens with one attached hydrogen (secondary N) is 1. The summed E-state index contributed by atoms with van der Waals surface area (Å²) in [6.07, 6.45) is 11.8. The predicted octanol–water partition coefficient (Wildman–Crippen LogP) is 4.28. The van der Waals surface area contributed by atoms with E-state index in [1.165, 1.54) is 10.9 Å². The zero-order valence-corrected chi connectivity index (χ0v) is 11.3. The number of rotatable bonds is 2. The Morgan fingerprint density at radius 3 is 2.81 bits per heavy atom. The molecule has 100 valence electrons. The minimum Gasteiger partial charge on any atom is -0.346 e. The molecule has 0 aliphatic carbocycles. The minimum atomic E-state index is 0.916. The van der Waals surface area contributed by atoms with Crippen LogP contribution in [0.4, 0.5) is 0 Å². The third kappa shape index (κ3) is 2.09. The number of nitrogens with zero attached hydrogens (tertiary/aromatic N) is 2. The normalized spacial score (nSPS) is 11.6. The van der Waals surface area contributed by atoms with Crippen LogP contribution in [0.2, 0.25) is 0 Å². The van der Waals surface area contributed by atoms with Crippen molar-refractivity contribution >= 4 is 34.0 Å². The summed E-state index contributed by atoms with van der Waals surface area (Å²) >= 11 is 0. The van der Waals surface area contributed by atoms with Crippen molar-refractivity contribution in [2.24, 2.45) is 0 Å². The summed E-state index contributed by atoms with van der Waals surface area (Å²) < 4.78 is 0. The molecule has 0 radical (unpaired) electrons. The van der Waals surface area contributed by atoms with Crippen LogP contribution in [0, 0.1) is 0 Å². The average molecular weight is 271 g/mol. The molecule has 0 fully saturated rings. The van der Waals surface area contributed by atoms with Crippen molar-refractivity contribution in [2.45, 2.75) is 0 Å². The fourth-order valence-electron chi connectivity index (χ4n) is 2.59. The summed E-state index contributed by atoms with van der Waals surface area (Å²) in [5.41, 5.74) is 3.25. The molecule has 3 nitrogen and oxygen atoms in total. The second-order valence-corrected chi connectivity index (χ2v) is 4.92. The highest BCUT2D eigenvalue weighted by molar-refractivity contribution is 5.95. The highest BCUT2D eigenvalue weighted by Crippen LogP contribution is 2.22. The van der Waals surface area contributed by atoms with Crippen LogP contribution in [0.5, 0.6) is 0 Å². The Morgan fingerprint density at radius 1 is 0.857 bits per heavy atom. The van der Waals surface area contributed by atoms with E-state index >= 15 is 0 Å². The van der Waals surface area contributed by atoms with Gasteiger partial charge in [0.25, 0.3) is 0 Å². The van der Waals surface area contributed by atoms with Gasteiger partial charge in [-0.3, -0.25) is 4.98 Å². The van der Waals surface area contributed by atoms with E-state index in [1.807, 2.05) is 30.7 Å². The van der Waals surface area contributed by atoms with Crippen molar-refractivity contribution < 1.29 is 0 Å². The Balaban J connectivity index is 1.81. The van der Waals surface area contributed by atoms with E-state index in [2.05, 4.69) is 51.4 Å². The Kier molecular flexibility index (Phi) is 2.75. The van der Waals surface area contributed by atoms with E-state index in [1.54, 1.807) is 6.20 Å². The van der Waals surface area contributed by atoms with E-state index in [0.717, 1.165) is 22.0 Å². The number of hydrogen-bond donors (Lipinski definition) is 1. The first-order chi connectivity index (χ1) is 10.4. The molecule has 1 N–H and O–H groups in total. The number of benzene rings is 1. The summed E-state index contributed by atoms with van der Waals surface area (Å²) in [6, 6.07) is 12.3. The maximum atomic E-state index is 4.31. The first-order valence-corrected chi connectivity index (χ1v) is 6.85. The smallest absolute Gasteiger partial charge is 0.137 e. The van der Waals surface area contributed by atoms with Crippen molar-refractivity contribution in [1.82, 2.24) is 15.0 Å². The molecular weight excluding hydrogens is 258 g/mol. The van der Waals surface area contributed by atoms with Crippen molar-refractivity contribution in [1.29, 1.82) is 0 Å². The Hall–Kier alpha value is -2.94. The largest absolute Gasteiger partial charge is 0.346 e. The number of fused-ring (bicyclic) bond motifs is 2. The molecule has 0 atom stereocenters. The van der Waals surface area contributed by atoms with Crippen molar-refractivity contribution in [3.05, 3.63) is 72.3 Å². The molecule has 0 amide bonds. The quantitative estimate of drug-likeness (QED) is 0.591. The van der Waals surface area contributed by atoms with Crippen LogP contribution in [0.15, 0.2) is 61.2 Å². The molecule has 3 aromatic heterocycles. The number of aromatic nitrogens is 3. The first kappa shape index (κ1) is 11.9. The molecule has 21 heavy (non-hydrogen) atoms. The van der Waals surface area contributed by atoms with Gasteiger partial charge in [-0.2, -0.15) is 0 Å². The van der Waals surface area contributed by atoms with Gasteiger partial charge in [-0.15, -0.1) is 0 Å². The zero-order chi connectivity index (χ0) is 14.1. The molecule has 3 heteroatoms. The van der Waals surface area contributed by atoms with Crippen molar-refractivity contribution in [2.75, 3.05) is 0 Å². The Labute approximate surface area is 122 Å². The summed E-state index contributed by atoms with van der Waals surface area (Å²) in [7, 11) is 0. The molecular formula is C18H13N3. The maximum Gasteiger partial charge on any atom is 0.137 e. The summed E-state index contributed by atoms with van der Waals surface area (Å²) in [5, 5.41) is 3.50. The van der Waals surface area contributed by atoms with E-state index < -0.39 is 0 Å². The molecule has 0 saturated carbocycles. The second kappa shape index (κ2) is 4.87. The molecule has 3 heterocycles. The molecule has 0 aliphatic heterocycles. The maximum absolute atomic E-state index is 4.31. The highest BCUT2D eigenvalue weighted by atomic mass is 14.8. The molecule has 4 rings (SSSR count). The van der Waals surface area contributed by atoms with Crippen molar-refractivity contribution in [3.8, 4) is 0 Å².